The van der Waals surface area contributed by atoms with Gasteiger partial charge in [0.1, 0.15) is 5.75 Å². The zero-order valence-corrected chi connectivity index (χ0v) is 16.0. The normalized spacial score (nSPS) is 12.5. The van der Waals surface area contributed by atoms with E-state index in [2.05, 4.69) is 5.32 Å². The third-order valence-corrected chi connectivity index (χ3v) is 4.41. The molecule has 7 nitrogen and oxygen atoms in total. The van der Waals surface area contributed by atoms with Crippen molar-refractivity contribution in [3.63, 3.8) is 0 Å². The molecule has 1 amide bonds. The quantitative estimate of drug-likeness (QED) is 0.548. The molecule has 0 aliphatic rings. The lowest BCUT2D eigenvalue weighted by Crippen LogP contribution is -2.39. The lowest BCUT2D eigenvalue weighted by Gasteiger charge is -2.24. The van der Waals surface area contributed by atoms with E-state index in [4.69, 9.17) is 4.74 Å². The number of carbonyl (C=O) groups is 1. The van der Waals surface area contributed by atoms with E-state index in [-0.39, 0.29) is 23.7 Å². The van der Waals surface area contributed by atoms with Crippen LogP contribution in [-0.2, 0) is 17.5 Å². The molecule has 2 aromatic carbocycles. The minimum absolute atomic E-state index is 0.154. The molecule has 2 rings (SSSR count). The number of nitro benzene ring substituents is 1. The minimum atomic E-state index is -4.41. The molecule has 1 N–H and O–H groups in total. The molecule has 0 aliphatic heterocycles. The van der Waals surface area contributed by atoms with Gasteiger partial charge in [-0.2, -0.15) is 13.2 Å². The van der Waals surface area contributed by atoms with Crippen molar-refractivity contribution in [1.82, 2.24) is 4.90 Å². The van der Waals surface area contributed by atoms with Crippen LogP contribution in [0.1, 0.15) is 18.1 Å². The molecule has 156 valence electrons. The Labute approximate surface area is 165 Å². The van der Waals surface area contributed by atoms with Crippen LogP contribution in [0.25, 0.3) is 0 Å². The van der Waals surface area contributed by atoms with Crippen LogP contribution in [0.3, 0.4) is 0 Å². The largest absolute Gasteiger partial charge is 0.495 e. The van der Waals surface area contributed by atoms with Crippen molar-refractivity contribution >= 4 is 17.3 Å². The predicted molar refractivity (Wildman–Crippen MR) is 101 cm³/mol. The summed E-state index contributed by atoms with van der Waals surface area (Å²) in [6, 6.07) is 7.85. The summed E-state index contributed by atoms with van der Waals surface area (Å²) in [6.07, 6.45) is -4.41. The second-order valence-electron chi connectivity index (χ2n) is 6.42. The number of halogens is 3. The smallest absolute Gasteiger partial charge is 0.416 e. The highest BCUT2D eigenvalue weighted by Crippen LogP contribution is 2.30. The molecule has 0 aromatic heterocycles. The Morgan fingerprint density at radius 3 is 2.38 bits per heavy atom. The topological polar surface area (TPSA) is 84.7 Å². The van der Waals surface area contributed by atoms with Crippen LogP contribution in [-0.4, -0.2) is 35.9 Å². The van der Waals surface area contributed by atoms with Crippen LogP contribution in [0.15, 0.2) is 42.5 Å². The molecule has 0 radical (unpaired) electrons. The predicted octanol–water partition coefficient (Wildman–Crippen LogP) is 4.08. The van der Waals surface area contributed by atoms with Crippen LogP contribution in [0.4, 0.5) is 24.5 Å². The number of ether oxygens (including phenoxy) is 1. The van der Waals surface area contributed by atoms with Crippen molar-refractivity contribution in [2.75, 3.05) is 19.5 Å². The van der Waals surface area contributed by atoms with E-state index in [9.17, 15) is 28.1 Å². The third-order valence-electron chi connectivity index (χ3n) is 4.41. The highest BCUT2D eigenvalue weighted by Gasteiger charge is 2.30. The number of benzene rings is 2. The molecule has 29 heavy (non-hydrogen) atoms. The van der Waals surface area contributed by atoms with Crippen molar-refractivity contribution in [3.8, 4) is 5.75 Å². The molecule has 0 aliphatic carbocycles. The summed E-state index contributed by atoms with van der Waals surface area (Å²) in [4.78, 5) is 24.5. The van der Waals surface area contributed by atoms with Crippen molar-refractivity contribution < 1.29 is 27.6 Å². The van der Waals surface area contributed by atoms with E-state index in [0.29, 0.717) is 5.56 Å². The van der Waals surface area contributed by atoms with Gasteiger partial charge in [0.15, 0.2) is 0 Å². The number of hydrogen-bond donors (Lipinski definition) is 1. The lowest BCUT2D eigenvalue weighted by molar-refractivity contribution is -0.384. The molecule has 0 unspecified atom stereocenters. The van der Waals surface area contributed by atoms with Gasteiger partial charge < -0.3 is 10.1 Å². The standard InChI is InChI=1S/C19H20F3N3O4/c1-12(24(2)11-13-4-6-14(7-5-13)19(20,21)22)18(26)23-16-10-15(25(27)28)8-9-17(16)29-3/h4-10,12H,11H2,1-3H3,(H,23,26)/t12-/m1/s1. The Hall–Kier alpha value is -3.14. The van der Waals surface area contributed by atoms with E-state index in [1.807, 2.05) is 0 Å². The number of carbonyl (C=O) groups excluding carboxylic acids is 1. The number of methoxy groups -OCH3 is 1. The molecule has 0 saturated carbocycles. The second kappa shape index (κ2) is 8.91. The number of non-ortho nitro benzene ring substituents is 1. The first-order valence-electron chi connectivity index (χ1n) is 8.52. The summed E-state index contributed by atoms with van der Waals surface area (Å²) in [7, 11) is 3.02. The van der Waals surface area contributed by atoms with E-state index in [1.165, 1.54) is 37.4 Å². The maximum atomic E-state index is 12.6. The molecule has 0 spiro atoms. The number of nitrogens with one attached hydrogen (secondary N) is 1. The lowest BCUT2D eigenvalue weighted by atomic mass is 10.1. The summed E-state index contributed by atoms with van der Waals surface area (Å²) >= 11 is 0. The summed E-state index contributed by atoms with van der Waals surface area (Å²) in [6.45, 7) is 1.85. The Morgan fingerprint density at radius 2 is 1.86 bits per heavy atom. The van der Waals surface area contributed by atoms with E-state index >= 15 is 0 Å². The maximum Gasteiger partial charge on any atom is 0.416 e. The molecule has 0 saturated heterocycles. The number of hydrogen-bond acceptors (Lipinski definition) is 5. The van der Waals surface area contributed by atoms with Gasteiger partial charge in [0.2, 0.25) is 5.91 Å². The van der Waals surface area contributed by atoms with Crippen molar-refractivity contribution in [2.24, 2.45) is 0 Å². The van der Waals surface area contributed by atoms with Crippen molar-refractivity contribution in [2.45, 2.75) is 25.7 Å². The number of alkyl halides is 3. The number of nitrogens with zero attached hydrogens (tertiary/aromatic N) is 2. The van der Waals surface area contributed by atoms with Crippen LogP contribution >= 0.6 is 0 Å². The molecular formula is C19H20F3N3O4. The molecule has 0 heterocycles. The Morgan fingerprint density at radius 1 is 1.24 bits per heavy atom. The molecule has 0 bridgehead atoms. The Bertz CT molecular complexity index is 885. The van der Waals surface area contributed by atoms with Crippen molar-refractivity contribution in [3.05, 3.63) is 63.7 Å². The van der Waals surface area contributed by atoms with E-state index < -0.39 is 28.6 Å². The number of nitro groups is 1. The van der Waals surface area contributed by atoms with Gasteiger partial charge in [-0.15, -0.1) is 0 Å². The molecule has 1 atom stereocenters. The molecule has 10 heteroatoms. The third kappa shape index (κ3) is 5.67. The zero-order chi connectivity index (χ0) is 21.8. The fourth-order valence-electron chi connectivity index (χ4n) is 2.57. The summed E-state index contributed by atoms with van der Waals surface area (Å²) in [5.41, 5.74) is -0.186. The van der Waals surface area contributed by atoms with E-state index in [0.717, 1.165) is 12.1 Å². The average Bonchev–Trinajstić information content (AvgIpc) is 2.66. The van der Waals surface area contributed by atoms with Gasteiger partial charge in [0, 0.05) is 18.7 Å². The number of likely N-dealkylation sites (N-methyl/N-ethyl adjacent to an activating group) is 1. The summed E-state index contributed by atoms with van der Waals surface area (Å²) in [5, 5.41) is 13.5. The first kappa shape index (κ1) is 22.2. The zero-order valence-electron chi connectivity index (χ0n) is 16.0. The average molecular weight is 411 g/mol. The molecule has 2 aromatic rings. The highest BCUT2D eigenvalue weighted by molar-refractivity contribution is 5.96. The van der Waals surface area contributed by atoms with Gasteiger partial charge in [0.25, 0.3) is 5.69 Å². The van der Waals surface area contributed by atoms with Gasteiger partial charge in [-0.1, -0.05) is 12.1 Å². The maximum absolute atomic E-state index is 12.6. The number of rotatable bonds is 7. The first-order chi connectivity index (χ1) is 13.5. The van der Waals surface area contributed by atoms with E-state index in [1.54, 1.807) is 18.9 Å². The van der Waals surface area contributed by atoms with Gasteiger partial charge in [-0.3, -0.25) is 19.8 Å². The number of amides is 1. The minimum Gasteiger partial charge on any atom is -0.495 e. The summed E-state index contributed by atoms with van der Waals surface area (Å²) in [5.74, 6) is -0.181. The van der Waals surface area contributed by atoms with Gasteiger partial charge in [-0.05, 0) is 37.7 Å². The molecular weight excluding hydrogens is 391 g/mol. The Balaban J connectivity index is 2.08. The van der Waals surface area contributed by atoms with Crippen LogP contribution in [0.2, 0.25) is 0 Å². The second-order valence-corrected chi connectivity index (χ2v) is 6.42. The fourth-order valence-corrected chi connectivity index (χ4v) is 2.57. The van der Waals surface area contributed by atoms with Gasteiger partial charge >= 0.3 is 6.18 Å². The van der Waals surface area contributed by atoms with Crippen molar-refractivity contribution in [1.29, 1.82) is 0 Å². The fraction of sp³-hybridized carbons (Fsp3) is 0.316. The molecule has 0 fully saturated rings. The van der Waals surface area contributed by atoms with Gasteiger partial charge in [-0.25, -0.2) is 0 Å². The van der Waals surface area contributed by atoms with Gasteiger partial charge in [0.05, 0.1) is 29.3 Å². The first-order valence-corrected chi connectivity index (χ1v) is 8.52. The van der Waals surface area contributed by atoms with Crippen LogP contribution in [0, 0.1) is 10.1 Å². The highest BCUT2D eigenvalue weighted by atomic mass is 19.4. The van der Waals surface area contributed by atoms with Crippen LogP contribution in [0.5, 0.6) is 5.75 Å². The summed E-state index contributed by atoms with van der Waals surface area (Å²) < 4.78 is 43.1. The monoisotopic (exact) mass is 411 g/mol. The number of anilines is 1. The SMILES string of the molecule is COc1ccc([N+](=O)[O-])cc1NC(=O)[C@@H](C)N(C)Cc1ccc(C(F)(F)F)cc1. The van der Waals surface area contributed by atoms with Crippen LogP contribution < -0.4 is 10.1 Å². The Kier molecular flexibility index (Phi) is 6.80.